The maximum atomic E-state index is 12.2. The average molecular weight is 317 g/mol. The van der Waals surface area contributed by atoms with Crippen molar-refractivity contribution in [2.24, 2.45) is 5.92 Å². The molecular formula is C16H19N3O2S. The van der Waals surface area contributed by atoms with Crippen LogP contribution >= 0.6 is 11.3 Å². The van der Waals surface area contributed by atoms with E-state index < -0.39 is 0 Å². The fourth-order valence-corrected chi connectivity index (χ4v) is 3.17. The Morgan fingerprint density at radius 3 is 2.64 bits per heavy atom. The van der Waals surface area contributed by atoms with Crippen LogP contribution in [0.2, 0.25) is 0 Å². The van der Waals surface area contributed by atoms with Crippen LogP contribution in [0.1, 0.15) is 26.2 Å². The third-order valence-electron chi connectivity index (χ3n) is 3.90. The fraction of sp³-hybridized carbons (Fsp3) is 0.438. The molecule has 1 heterocycles. The number of carbonyl (C=O) groups excluding carboxylic acids is 1. The quantitative estimate of drug-likeness (QED) is 0.848. The maximum Gasteiger partial charge on any atom is 0.231 e. The van der Waals surface area contributed by atoms with Gasteiger partial charge in [0.1, 0.15) is 10.8 Å². The van der Waals surface area contributed by atoms with E-state index in [4.69, 9.17) is 4.74 Å². The Kier molecular flexibility index (Phi) is 4.38. The van der Waals surface area contributed by atoms with Crippen LogP contribution in [-0.2, 0) is 4.79 Å². The van der Waals surface area contributed by atoms with Gasteiger partial charge in [-0.1, -0.05) is 17.8 Å². The molecule has 5 nitrogen and oxygen atoms in total. The molecular weight excluding hydrogens is 298 g/mol. The predicted molar refractivity (Wildman–Crippen MR) is 87.3 cm³/mol. The number of amides is 1. The molecule has 1 amide bonds. The second-order valence-electron chi connectivity index (χ2n) is 5.37. The predicted octanol–water partition coefficient (Wildman–Crippen LogP) is 3.37. The molecule has 0 saturated heterocycles. The Morgan fingerprint density at radius 2 is 2.05 bits per heavy atom. The van der Waals surface area contributed by atoms with Crippen molar-refractivity contribution in [3.05, 3.63) is 24.3 Å². The fourth-order valence-electron chi connectivity index (χ4n) is 2.35. The lowest BCUT2D eigenvalue weighted by molar-refractivity contribution is -0.124. The van der Waals surface area contributed by atoms with E-state index in [2.05, 4.69) is 10.2 Å². The van der Waals surface area contributed by atoms with E-state index >= 15 is 0 Å². The van der Waals surface area contributed by atoms with E-state index in [1.165, 1.54) is 11.3 Å². The summed E-state index contributed by atoms with van der Waals surface area (Å²) in [5, 5.41) is 9.82. The largest absolute Gasteiger partial charge is 0.494 e. The summed E-state index contributed by atoms with van der Waals surface area (Å²) in [5.41, 5.74) is 0.983. The zero-order valence-electron chi connectivity index (χ0n) is 12.8. The van der Waals surface area contributed by atoms with Gasteiger partial charge < -0.3 is 4.74 Å². The molecule has 1 aromatic carbocycles. The number of aromatic nitrogens is 2. The summed E-state index contributed by atoms with van der Waals surface area (Å²) < 4.78 is 5.43. The number of ether oxygens (including phenoxy) is 1. The molecule has 1 aliphatic carbocycles. The highest BCUT2D eigenvalue weighted by Gasteiger charge is 2.29. The summed E-state index contributed by atoms with van der Waals surface area (Å²) in [5.74, 6) is 1.16. The number of hydrogen-bond acceptors (Lipinski definition) is 5. The minimum Gasteiger partial charge on any atom is -0.494 e. The molecule has 0 spiro atoms. The molecule has 1 saturated carbocycles. The van der Waals surface area contributed by atoms with Gasteiger partial charge in [-0.3, -0.25) is 9.69 Å². The van der Waals surface area contributed by atoms with Crippen molar-refractivity contribution in [3.63, 3.8) is 0 Å². The van der Waals surface area contributed by atoms with E-state index in [-0.39, 0.29) is 11.8 Å². The maximum absolute atomic E-state index is 12.2. The molecule has 0 aliphatic heterocycles. The van der Waals surface area contributed by atoms with Gasteiger partial charge in [0.15, 0.2) is 0 Å². The van der Waals surface area contributed by atoms with Crippen LogP contribution < -0.4 is 9.64 Å². The molecule has 22 heavy (non-hydrogen) atoms. The van der Waals surface area contributed by atoms with Crippen molar-refractivity contribution in [2.75, 3.05) is 18.6 Å². The summed E-state index contributed by atoms with van der Waals surface area (Å²) in [7, 11) is 1.78. The number of anilines is 1. The zero-order chi connectivity index (χ0) is 15.5. The van der Waals surface area contributed by atoms with Crippen molar-refractivity contribution in [3.8, 4) is 16.3 Å². The van der Waals surface area contributed by atoms with Crippen LogP contribution in [0.3, 0.4) is 0 Å². The summed E-state index contributed by atoms with van der Waals surface area (Å²) >= 11 is 1.44. The van der Waals surface area contributed by atoms with E-state index in [0.717, 1.165) is 35.6 Å². The number of hydrogen-bond donors (Lipinski definition) is 0. The lowest BCUT2D eigenvalue weighted by Gasteiger charge is -2.27. The molecule has 0 unspecified atom stereocenters. The highest BCUT2D eigenvalue weighted by molar-refractivity contribution is 7.18. The average Bonchev–Trinajstić information content (AvgIpc) is 2.95. The van der Waals surface area contributed by atoms with E-state index in [1.807, 2.05) is 31.2 Å². The van der Waals surface area contributed by atoms with Gasteiger partial charge in [-0.05, 0) is 44.0 Å². The van der Waals surface area contributed by atoms with Gasteiger partial charge in [0.25, 0.3) is 0 Å². The van der Waals surface area contributed by atoms with Crippen LogP contribution in [0.4, 0.5) is 5.13 Å². The molecule has 116 valence electrons. The Bertz CT molecular complexity index is 650. The standard InChI is InChI=1S/C16H19N3O2S/c1-3-21-13-9-7-11(8-10-13)14-17-18-16(22-14)19(2)15(20)12-5-4-6-12/h7-10,12H,3-6H2,1-2H3. The van der Waals surface area contributed by atoms with Gasteiger partial charge in [-0.2, -0.15) is 0 Å². The van der Waals surface area contributed by atoms with Crippen molar-refractivity contribution in [1.29, 1.82) is 0 Å². The first-order valence-electron chi connectivity index (χ1n) is 7.53. The van der Waals surface area contributed by atoms with E-state index in [9.17, 15) is 4.79 Å². The molecule has 1 fully saturated rings. The first-order valence-corrected chi connectivity index (χ1v) is 8.35. The smallest absolute Gasteiger partial charge is 0.231 e. The van der Waals surface area contributed by atoms with Crippen molar-refractivity contribution in [1.82, 2.24) is 10.2 Å². The summed E-state index contributed by atoms with van der Waals surface area (Å²) in [6.07, 6.45) is 3.14. The molecule has 0 bridgehead atoms. The molecule has 1 aromatic heterocycles. The van der Waals surface area contributed by atoms with Crippen LogP contribution in [0, 0.1) is 5.92 Å². The second-order valence-corrected chi connectivity index (χ2v) is 6.33. The SMILES string of the molecule is CCOc1ccc(-c2nnc(N(C)C(=O)C3CCC3)s2)cc1. The summed E-state index contributed by atoms with van der Waals surface area (Å²) in [4.78, 5) is 13.9. The highest BCUT2D eigenvalue weighted by atomic mass is 32.1. The molecule has 3 rings (SSSR count). The van der Waals surface area contributed by atoms with E-state index in [1.54, 1.807) is 11.9 Å². The third kappa shape index (κ3) is 2.97. The van der Waals surface area contributed by atoms with Crippen molar-refractivity contribution < 1.29 is 9.53 Å². The molecule has 6 heteroatoms. The highest BCUT2D eigenvalue weighted by Crippen LogP contribution is 2.33. The monoisotopic (exact) mass is 317 g/mol. The van der Waals surface area contributed by atoms with Gasteiger partial charge in [-0.15, -0.1) is 10.2 Å². The molecule has 2 aromatic rings. The van der Waals surface area contributed by atoms with Gasteiger partial charge >= 0.3 is 0 Å². The van der Waals surface area contributed by atoms with Gasteiger partial charge in [0.05, 0.1) is 6.61 Å². The van der Waals surface area contributed by atoms with Crippen LogP contribution in [0.15, 0.2) is 24.3 Å². The number of benzene rings is 1. The molecule has 0 N–H and O–H groups in total. The van der Waals surface area contributed by atoms with Crippen LogP contribution in [0.5, 0.6) is 5.75 Å². The minimum atomic E-state index is 0.153. The van der Waals surface area contributed by atoms with Crippen molar-refractivity contribution in [2.45, 2.75) is 26.2 Å². The Hall–Kier alpha value is -1.95. The minimum absolute atomic E-state index is 0.153. The van der Waals surface area contributed by atoms with E-state index in [0.29, 0.717) is 11.7 Å². The van der Waals surface area contributed by atoms with Gasteiger partial charge in [-0.25, -0.2) is 0 Å². The Balaban J connectivity index is 1.73. The summed E-state index contributed by atoms with van der Waals surface area (Å²) in [6.45, 7) is 2.61. The Morgan fingerprint density at radius 1 is 1.32 bits per heavy atom. The number of nitrogens with zero attached hydrogens (tertiary/aromatic N) is 3. The first kappa shape index (κ1) is 15.0. The van der Waals surface area contributed by atoms with Crippen LogP contribution in [0.25, 0.3) is 10.6 Å². The number of carbonyl (C=O) groups is 1. The molecule has 1 aliphatic rings. The zero-order valence-corrected chi connectivity index (χ0v) is 13.6. The Labute approximate surface area is 133 Å². The third-order valence-corrected chi connectivity index (χ3v) is 4.95. The number of rotatable bonds is 5. The molecule has 0 atom stereocenters. The lowest BCUT2D eigenvalue weighted by atomic mass is 9.84. The van der Waals surface area contributed by atoms with Crippen molar-refractivity contribution >= 4 is 22.4 Å². The van der Waals surface area contributed by atoms with Gasteiger partial charge in [0, 0.05) is 18.5 Å². The normalized spacial score (nSPS) is 14.5. The topological polar surface area (TPSA) is 55.3 Å². The molecule has 0 radical (unpaired) electrons. The van der Waals surface area contributed by atoms with Gasteiger partial charge in [0.2, 0.25) is 11.0 Å². The first-order chi connectivity index (χ1) is 10.7. The lowest BCUT2D eigenvalue weighted by Crippen LogP contribution is -2.36. The summed E-state index contributed by atoms with van der Waals surface area (Å²) in [6, 6.07) is 7.76. The van der Waals surface area contributed by atoms with Crippen LogP contribution in [-0.4, -0.2) is 29.8 Å². The second kappa shape index (κ2) is 6.44.